The van der Waals surface area contributed by atoms with E-state index in [9.17, 15) is 0 Å². The Balaban J connectivity index is 2.01. The number of hydrogen-bond donors (Lipinski definition) is 1. The van der Waals surface area contributed by atoms with Crippen LogP contribution >= 0.6 is 0 Å². The Morgan fingerprint density at radius 2 is 2.32 bits per heavy atom. The van der Waals surface area contributed by atoms with E-state index in [-0.39, 0.29) is 0 Å². The summed E-state index contributed by atoms with van der Waals surface area (Å²) in [6.07, 6.45) is 11.5. The normalized spacial score (nSPS) is 17.4. The fourth-order valence-electron chi connectivity index (χ4n) is 2.95. The minimum absolute atomic E-state index is 0.324. The first-order valence-corrected chi connectivity index (χ1v) is 7.24. The first-order valence-electron chi connectivity index (χ1n) is 7.24. The Hall–Kier alpha value is -1.61. The fraction of sp³-hybridized carbons (Fsp3) is 0.438. The zero-order chi connectivity index (χ0) is 13.1. The lowest BCUT2D eigenvalue weighted by molar-refractivity contribution is 0.566. The largest absolute Gasteiger partial charge is 0.307 e. The van der Waals surface area contributed by atoms with Crippen LogP contribution in [-0.2, 0) is 0 Å². The van der Waals surface area contributed by atoms with Gasteiger partial charge in [-0.15, -0.1) is 0 Å². The molecule has 0 aromatic carbocycles. The van der Waals surface area contributed by atoms with Crippen LogP contribution in [0.4, 0.5) is 0 Å². The average Bonchev–Trinajstić information content (AvgIpc) is 2.89. The zero-order valence-electron chi connectivity index (χ0n) is 11.5. The van der Waals surface area contributed by atoms with Crippen LogP contribution in [0.15, 0.2) is 42.2 Å². The van der Waals surface area contributed by atoms with Crippen molar-refractivity contribution in [1.82, 2.24) is 14.9 Å². The van der Waals surface area contributed by atoms with Crippen LogP contribution in [0.25, 0.3) is 5.52 Å². The molecule has 1 aliphatic carbocycles. The van der Waals surface area contributed by atoms with E-state index in [2.05, 4.69) is 35.5 Å². The van der Waals surface area contributed by atoms with Crippen molar-refractivity contribution in [3.8, 4) is 0 Å². The van der Waals surface area contributed by atoms with E-state index in [4.69, 9.17) is 0 Å². The second kappa shape index (κ2) is 5.57. The standard InChI is InChI=1S/C16H21N3/c1-2-17-16(13-8-4-3-5-9-13)14-12-18-19-11-7-6-10-15(14)19/h6-8,10-12,16-17H,2-5,9H2,1H3. The van der Waals surface area contributed by atoms with Crippen LogP contribution in [0, 0.1) is 0 Å². The molecule has 0 saturated heterocycles. The molecule has 2 heterocycles. The van der Waals surface area contributed by atoms with Gasteiger partial charge in [0.2, 0.25) is 0 Å². The topological polar surface area (TPSA) is 29.3 Å². The quantitative estimate of drug-likeness (QED) is 0.847. The van der Waals surface area contributed by atoms with Crippen molar-refractivity contribution in [2.24, 2.45) is 0 Å². The number of aromatic nitrogens is 2. The zero-order valence-corrected chi connectivity index (χ0v) is 11.5. The molecule has 3 nitrogen and oxygen atoms in total. The van der Waals surface area contributed by atoms with E-state index in [0.717, 1.165) is 6.54 Å². The lowest BCUT2D eigenvalue weighted by Gasteiger charge is -2.23. The Morgan fingerprint density at radius 3 is 3.11 bits per heavy atom. The Morgan fingerprint density at radius 1 is 1.37 bits per heavy atom. The molecule has 0 saturated carbocycles. The van der Waals surface area contributed by atoms with Gasteiger partial charge in [0, 0.05) is 11.8 Å². The van der Waals surface area contributed by atoms with Crippen LogP contribution in [0.2, 0.25) is 0 Å². The van der Waals surface area contributed by atoms with Crippen LogP contribution in [0.3, 0.4) is 0 Å². The maximum atomic E-state index is 4.47. The lowest BCUT2D eigenvalue weighted by atomic mass is 9.90. The third-order valence-electron chi connectivity index (χ3n) is 3.87. The predicted molar refractivity (Wildman–Crippen MR) is 78.2 cm³/mol. The Kier molecular flexibility index (Phi) is 3.65. The molecule has 1 unspecified atom stereocenters. The summed E-state index contributed by atoms with van der Waals surface area (Å²) in [5.74, 6) is 0. The first-order chi connectivity index (χ1) is 9.40. The maximum absolute atomic E-state index is 4.47. The summed E-state index contributed by atoms with van der Waals surface area (Å²) < 4.78 is 1.96. The van der Waals surface area contributed by atoms with Crippen molar-refractivity contribution in [2.75, 3.05) is 6.54 Å². The summed E-state index contributed by atoms with van der Waals surface area (Å²) in [4.78, 5) is 0. The summed E-state index contributed by atoms with van der Waals surface area (Å²) in [7, 11) is 0. The molecule has 1 atom stereocenters. The average molecular weight is 255 g/mol. The minimum atomic E-state index is 0.324. The van der Waals surface area contributed by atoms with Gasteiger partial charge >= 0.3 is 0 Å². The number of nitrogens with zero attached hydrogens (tertiary/aromatic N) is 2. The smallest absolute Gasteiger partial charge is 0.0712 e. The highest BCUT2D eigenvalue weighted by molar-refractivity contribution is 5.56. The molecular weight excluding hydrogens is 234 g/mol. The molecule has 3 heteroatoms. The number of hydrogen-bond acceptors (Lipinski definition) is 2. The highest BCUT2D eigenvalue weighted by atomic mass is 15.2. The Bertz CT molecular complexity index is 582. The third kappa shape index (κ3) is 2.43. The molecule has 3 rings (SSSR count). The monoisotopic (exact) mass is 255 g/mol. The van der Waals surface area contributed by atoms with Gasteiger partial charge in [-0.1, -0.05) is 24.6 Å². The molecule has 0 aliphatic heterocycles. The summed E-state index contributed by atoms with van der Waals surface area (Å²) in [6.45, 7) is 3.15. The van der Waals surface area contributed by atoms with Gasteiger partial charge in [-0.25, -0.2) is 4.52 Å². The number of fused-ring (bicyclic) bond motifs is 1. The van der Waals surface area contributed by atoms with Crippen LogP contribution in [0.1, 0.15) is 44.2 Å². The predicted octanol–water partition coefficient (Wildman–Crippen LogP) is 3.49. The first kappa shape index (κ1) is 12.4. The molecule has 0 bridgehead atoms. The van der Waals surface area contributed by atoms with Crippen molar-refractivity contribution in [3.63, 3.8) is 0 Å². The van der Waals surface area contributed by atoms with Crippen LogP contribution in [0.5, 0.6) is 0 Å². The van der Waals surface area contributed by atoms with Gasteiger partial charge in [-0.05, 0) is 44.4 Å². The summed E-state index contributed by atoms with van der Waals surface area (Å²) in [6, 6.07) is 6.57. The number of pyridine rings is 1. The van der Waals surface area contributed by atoms with Crippen molar-refractivity contribution < 1.29 is 0 Å². The van der Waals surface area contributed by atoms with Gasteiger partial charge in [0.1, 0.15) is 0 Å². The second-order valence-corrected chi connectivity index (χ2v) is 5.15. The molecule has 0 fully saturated rings. The van der Waals surface area contributed by atoms with E-state index in [0.29, 0.717) is 6.04 Å². The lowest BCUT2D eigenvalue weighted by Crippen LogP contribution is -2.23. The van der Waals surface area contributed by atoms with E-state index in [1.165, 1.54) is 42.3 Å². The van der Waals surface area contributed by atoms with Crippen molar-refractivity contribution >= 4 is 5.52 Å². The Labute approximate surface area is 114 Å². The highest BCUT2D eigenvalue weighted by Gasteiger charge is 2.20. The maximum Gasteiger partial charge on any atom is 0.0712 e. The fourth-order valence-corrected chi connectivity index (χ4v) is 2.95. The number of nitrogens with one attached hydrogen (secondary N) is 1. The molecule has 19 heavy (non-hydrogen) atoms. The molecule has 1 aliphatic rings. The van der Waals surface area contributed by atoms with Crippen molar-refractivity contribution in [2.45, 2.75) is 38.6 Å². The van der Waals surface area contributed by atoms with Crippen LogP contribution in [-0.4, -0.2) is 16.2 Å². The van der Waals surface area contributed by atoms with Crippen LogP contribution < -0.4 is 5.32 Å². The number of likely N-dealkylation sites (N-methyl/N-ethyl adjacent to an activating group) is 1. The van der Waals surface area contributed by atoms with Gasteiger partial charge in [-0.3, -0.25) is 0 Å². The molecule has 0 spiro atoms. The van der Waals surface area contributed by atoms with Gasteiger partial charge in [-0.2, -0.15) is 5.10 Å². The van der Waals surface area contributed by atoms with Gasteiger partial charge < -0.3 is 5.32 Å². The molecule has 100 valence electrons. The summed E-state index contributed by atoms with van der Waals surface area (Å²) in [5, 5.41) is 8.09. The molecule has 0 amide bonds. The molecule has 2 aromatic rings. The van der Waals surface area contributed by atoms with E-state index < -0.39 is 0 Å². The number of allylic oxidation sites excluding steroid dienone is 1. The van der Waals surface area contributed by atoms with Gasteiger partial charge in [0.05, 0.1) is 17.8 Å². The third-order valence-corrected chi connectivity index (χ3v) is 3.87. The van der Waals surface area contributed by atoms with E-state index >= 15 is 0 Å². The minimum Gasteiger partial charge on any atom is -0.307 e. The van der Waals surface area contributed by atoms with Crippen molar-refractivity contribution in [3.05, 3.63) is 47.8 Å². The van der Waals surface area contributed by atoms with E-state index in [1.807, 2.05) is 23.0 Å². The summed E-state index contributed by atoms with van der Waals surface area (Å²) >= 11 is 0. The number of rotatable bonds is 4. The van der Waals surface area contributed by atoms with E-state index in [1.54, 1.807) is 0 Å². The summed E-state index contributed by atoms with van der Waals surface area (Å²) in [5.41, 5.74) is 4.04. The molecule has 2 aromatic heterocycles. The van der Waals surface area contributed by atoms with Crippen molar-refractivity contribution in [1.29, 1.82) is 0 Å². The molecular formula is C16H21N3. The highest BCUT2D eigenvalue weighted by Crippen LogP contribution is 2.31. The molecule has 1 N–H and O–H groups in total. The molecule has 0 radical (unpaired) electrons. The SMILES string of the molecule is CCNC(C1=CCCCC1)c1cnn2ccccc12. The van der Waals surface area contributed by atoms with Gasteiger partial charge in [0.15, 0.2) is 0 Å². The second-order valence-electron chi connectivity index (χ2n) is 5.15. The van der Waals surface area contributed by atoms with Gasteiger partial charge in [0.25, 0.3) is 0 Å².